The molecule has 0 spiro atoms. The summed E-state index contributed by atoms with van der Waals surface area (Å²) in [5.74, 6) is -0.530. The van der Waals surface area contributed by atoms with Crippen LogP contribution in [0.5, 0.6) is 0 Å². The molecule has 0 aromatic rings. The smallest absolute Gasteiger partial charge is 0.303 e. The number of rotatable bonds is 3. The lowest BCUT2D eigenvalue weighted by Crippen LogP contribution is -2.63. The van der Waals surface area contributed by atoms with Gasteiger partial charge in [-0.2, -0.15) is 0 Å². The Hall–Kier alpha value is -1.83. The molecule has 0 unspecified atom stereocenters. The predicted molar refractivity (Wildman–Crippen MR) is 109 cm³/mol. The van der Waals surface area contributed by atoms with Crippen LogP contribution < -0.4 is 0 Å². The Morgan fingerprint density at radius 2 is 2.10 bits per heavy atom. The molecule has 4 aliphatic carbocycles. The second-order valence-corrected chi connectivity index (χ2v) is 10.3. The molecule has 0 aromatic heterocycles. The average molecular weight is 430 g/mol. The van der Waals surface area contributed by atoms with Crippen molar-refractivity contribution < 1.29 is 33.7 Å². The molecule has 3 saturated carbocycles. The highest BCUT2D eigenvalue weighted by molar-refractivity contribution is 6.01. The number of ether oxygens (including phenoxy) is 3. The van der Waals surface area contributed by atoms with Gasteiger partial charge in [0.15, 0.2) is 18.0 Å². The summed E-state index contributed by atoms with van der Waals surface area (Å²) >= 11 is 0. The molecule has 4 fully saturated rings. The Morgan fingerprint density at radius 1 is 1.32 bits per heavy atom. The molecule has 31 heavy (non-hydrogen) atoms. The molecule has 7 heteroatoms. The molecule has 5 rings (SSSR count). The third kappa shape index (κ3) is 2.66. The number of carbonyl (C=O) groups is 3. The van der Waals surface area contributed by atoms with Crippen LogP contribution in [0.4, 0.5) is 0 Å². The molecule has 0 radical (unpaired) electrons. The van der Waals surface area contributed by atoms with Crippen LogP contribution in [0.25, 0.3) is 0 Å². The molecule has 1 heterocycles. The minimum atomic E-state index is -1.21. The van der Waals surface area contributed by atoms with E-state index in [1.54, 1.807) is 12.2 Å². The van der Waals surface area contributed by atoms with Crippen molar-refractivity contribution >= 4 is 17.5 Å². The Balaban J connectivity index is 1.53. The van der Waals surface area contributed by atoms with Gasteiger partial charge in [0.2, 0.25) is 5.78 Å². The van der Waals surface area contributed by atoms with E-state index in [-0.39, 0.29) is 48.1 Å². The van der Waals surface area contributed by atoms with Crippen LogP contribution in [-0.2, 0) is 28.6 Å². The highest BCUT2D eigenvalue weighted by Crippen LogP contribution is 2.69. The summed E-state index contributed by atoms with van der Waals surface area (Å²) in [4.78, 5) is 36.7. The highest BCUT2D eigenvalue weighted by Gasteiger charge is 2.74. The first-order valence-electron chi connectivity index (χ1n) is 11.2. The quantitative estimate of drug-likeness (QED) is 0.685. The SMILES string of the molecule is CC(=O)OCC(=O)[C@@]12OCO[C@@H]1C[C@H]1[C@@H]3CCC4=CC(=O)C=C[C@]4(C)[C@H]3[C@@H](O)C[C@@]12C. The van der Waals surface area contributed by atoms with Gasteiger partial charge in [0.1, 0.15) is 6.79 Å². The number of aliphatic hydroxyl groups excluding tert-OH is 1. The van der Waals surface area contributed by atoms with Crippen molar-refractivity contribution in [2.24, 2.45) is 28.6 Å². The van der Waals surface area contributed by atoms with Crippen LogP contribution >= 0.6 is 0 Å². The van der Waals surface area contributed by atoms with Crippen LogP contribution in [-0.4, -0.2) is 53.9 Å². The zero-order valence-electron chi connectivity index (χ0n) is 18.3. The molecule has 0 amide bonds. The molecule has 1 aliphatic heterocycles. The number of Topliss-reactive ketones (excluding diaryl/α,β-unsaturated/α-hetero) is 1. The molecule has 0 bridgehead atoms. The molecule has 1 N–H and O–H groups in total. The average Bonchev–Trinajstić information content (AvgIpc) is 3.23. The number of hydrogen-bond acceptors (Lipinski definition) is 7. The molecular weight excluding hydrogens is 400 g/mol. The van der Waals surface area contributed by atoms with Gasteiger partial charge in [-0.1, -0.05) is 25.5 Å². The fourth-order valence-electron chi connectivity index (χ4n) is 7.80. The van der Waals surface area contributed by atoms with E-state index in [1.165, 1.54) is 6.92 Å². The maximum Gasteiger partial charge on any atom is 0.303 e. The monoisotopic (exact) mass is 430 g/mol. The number of carbonyl (C=O) groups excluding carboxylic acids is 3. The van der Waals surface area contributed by atoms with Crippen molar-refractivity contribution in [2.45, 2.75) is 64.3 Å². The topological polar surface area (TPSA) is 99.1 Å². The van der Waals surface area contributed by atoms with E-state index in [0.717, 1.165) is 18.4 Å². The molecule has 5 aliphatic rings. The minimum absolute atomic E-state index is 0.00767. The van der Waals surface area contributed by atoms with Crippen LogP contribution in [0.2, 0.25) is 0 Å². The van der Waals surface area contributed by atoms with Crippen molar-refractivity contribution in [3.05, 3.63) is 23.8 Å². The lowest BCUT2D eigenvalue weighted by molar-refractivity contribution is -0.187. The van der Waals surface area contributed by atoms with Gasteiger partial charge in [-0.15, -0.1) is 0 Å². The number of ketones is 2. The normalized spacial score (nSPS) is 47.7. The number of aliphatic hydroxyl groups is 1. The van der Waals surface area contributed by atoms with Crippen LogP contribution in [0.3, 0.4) is 0 Å². The van der Waals surface area contributed by atoms with Crippen molar-refractivity contribution in [3.8, 4) is 0 Å². The zero-order valence-corrected chi connectivity index (χ0v) is 18.3. The van der Waals surface area contributed by atoms with E-state index in [0.29, 0.717) is 12.8 Å². The summed E-state index contributed by atoms with van der Waals surface area (Å²) < 4.78 is 17.0. The summed E-state index contributed by atoms with van der Waals surface area (Å²) in [5, 5.41) is 11.5. The molecule has 0 aromatic carbocycles. The van der Waals surface area contributed by atoms with Gasteiger partial charge < -0.3 is 19.3 Å². The van der Waals surface area contributed by atoms with Crippen LogP contribution in [0.1, 0.15) is 46.5 Å². The lowest BCUT2D eigenvalue weighted by Gasteiger charge is -2.59. The molecule has 1 saturated heterocycles. The van der Waals surface area contributed by atoms with Gasteiger partial charge in [-0.05, 0) is 49.7 Å². The van der Waals surface area contributed by atoms with Crippen molar-refractivity contribution in [2.75, 3.05) is 13.4 Å². The Kier molecular flexibility index (Phi) is 4.64. The summed E-state index contributed by atoms with van der Waals surface area (Å²) in [6.07, 6.45) is 6.98. The van der Waals surface area contributed by atoms with Gasteiger partial charge >= 0.3 is 5.97 Å². The maximum atomic E-state index is 13.4. The first kappa shape index (κ1) is 21.0. The van der Waals surface area contributed by atoms with Gasteiger partial charge in [0.25, 0.3) is 0 Å². The van der Waals surface area contributed by atoms with E-state index < -0.39 is 29.2 Å². The fourth-order valence-corrected chi connectivity index (χ4v) is 7.80. The van der Waals surface area contributed by atoms with E-state index in [1.807, 2.05) is 13.0 Å². The standard InChI is InChI=1S/C24H30O7/c1-13(25)29-11-19(28)24-20(30-12-31-24)9-17-16-5-4-14-8-15(26)6-7-22(14,2)21(16)18(27)10-23(17,24)3/h6-8,16-18,20-21,27H,4-5,9-12H2,1-3H3/t16-,17-,18-,20+,21+,22-,23-,24+/m0/s1. The van der Waals surface area contributed by atoms with E-state index in [2.05, 4.69) is 6.92 Å². The number of allylic oxidation sites excluding steroid dienone is 4. The van der Waals surface area contributed by atoms with E-state index in [4.69, 9.17) is 14.2 Å². The van der Waals surface area contributed by atoms with Gasteiger partial charge in [-0.3, -0.25) is 14.4 Å². The van der Waals surface area contributed by atoms with Crippen molar-refractivity contribution in [1.82, 2.24) is 0 Å². The largest absolute Gasteiger partial charge is 0.458 e. The number of esters is 1. The van der Waals surface area contributed by atoms with E-state index >= 15 is 0 Å². The van der Waals surface area contributed by atoms with Gasteiger partial charge in [0.05, 0.1) is 12.2 Å². The van der Waals surface area contributed by atoms with Gasteiger partial charge in [-0.25, -0.2) is 0 Å². The summed E-state index contributed by atoms with van der Waals surface area (Å²) in [6, 6.07) is 0. The van der Waals surface area contributed by atoms with Crippen molar-refractivity contribution in [3.63, 3.8) is 0 Å². The number of fused-ring (bicyclic) bond motifs is 7. The maximum absolute atomic E-state index is 13.4. The summed E-state index contributed by atoms with van der Waals surface area (Å²) in [6.45, 7) is 5.11. The Morgan fingerprint density at radius 3 is 2.84 bits per heavy atom. The fraction of sp³-hybridized carbons (Fsp3) is 0.708. The Bertz CT molecular complexity index is 906. The molecule has 7 nitrogen and oxygen atoms in total. The second kappa shape index (κ2) is 6.83. The first-order chi connectivity index (χ1) is 14.6. The highest BCUT2D eigenvalue weighted by atomic mass is 16.7. The van der Waals surface area contributed by atoms with Crippen molar-refractivity contribution in [1.29, 1.82) is 0 Å². The summed E-state index contributed by atoms with van der Waals surface area (Å²) in [5.41, 5.74) is -1.12. The lowest BCUT2D eigenvalue weighted by atomic mass is 9.46. The van der Waals surface area contributed by atoms with Gasteiger partial charge in [0, 0.05) is 23.7 Å². The van der Waals surface area contributed by atoms with Crippen LogP contribution in [0.15, 0.2) is 23.8 Å². The molecule has 168 valence electrons. The third-order valence-corrected chi connectivity index (χ3v) is 9.03. The summed E-state index contributed by atoms with van der Waals surface area (Å²) in [7, 11) is 0. The predicted octanol–water partition coefficient (Wildman–Crippen LogP) is 2.12. The zero-order chi connectivity index (χ0) is 22.2. The first-order valence-corrected chi connectivity index (χ1v) is 11.2. The molecular formula is C24H30O7. The van der Waals surface area contributed by atoms with E-state index in [9.17, 15) is 19.5 Å². The van der Waals surface area contributed by atoms with Crippen LogP contribution in [0, 0.1) is 28.6 Å². The Labute approximate surface area is 181 Å². The number of hydrogen-bond donors (Lipinski definition) is 1. The second-order valence-electron chi connectivity index (χ2n) is 10.3. The molecule has 8 atom stereocenters. The third-order valence-electron chi connectivity index (χ3n) is 9.03. The minimum Gasteiger partial charge on any atom is -0.458 e.